The van der Waals surface area contributed by atoms with Crippen LogP contribution in [0.3, 0.4) is 0 Å². The van der Waals surface area contributed by atoms with Crippen molar-refractivity contribution < 1.29 is 4.79 Å². The number of carbonyl (C=O) groups excluding carboxylic acids is 1. The van der Waals surface area contributed by atoms with Gasteiger partial charge in [-0.2, -0.15) is 5.10 Å². The van der Waals surface area contributed by atoms with Gasteiger partial charge >= 0.3 is 0 Å². The normalized spacial score (nSPS) is 17.6. The summed E-state index contributed by atoms with van der Waals surface area (Å²) in [6.45, 7) is 4.01. The van der Waals surface area contributed by atoms with E-state index in [0.717, 1.165) is 17.8 Å². The highest BCUT2D eigenvalue weighted by molar-refractivity contribution is 6.08. The van der Waals surface area contributed by atoms with Crippen LogP contribution in [-0.2, 0) is 13.5 Å². The number of benzene rings is 1. The van der Waals surface area contributed by atoms with E-state index >= 15 is 0 Å². The number of rotatable bonds is 1. The summed E-state index contributed by atoms with van der Waals surface area (Å²) in [7, 11) is 1.85. The molecule has 0 bridgehead atoms. The molecule has 1 aliphatic heterocycles. The van der Waals surface area contributed by atoms with Crippen molar-refractivity contribution in [2.45, 2.75) is 26.3 Å². The SMILES string of the molecule is Cc1c(C(=O)N2c3ccccc3CC2C)cnn1C. The fraction of sp³-hybridized carbons (Fsp3) is 0.333. The van der Waals surface area contributed by atoms with E-state index in [-0.39, 0.29) is 11.9 Å². The first-order valence-electron chi connectivity index (χ1n) is 6.49. The molecule has 4 heteroatoms. The van der Waals surface area contributed by atoms with Crippen LogP contribution in [0.25, 0.3) is 0 Å². The van der Waals surface area contributed by atoms with E-state index in [0.29, 0.717) is 5.56 Å². The zero-order chi connectivity index (χ0) is 13.6. The van der Waals surface area contributed by atoms with Crippen LogP contribution in [0.15, 0.2) is 30.5 Å². The summed E-state index contributed by atoms with van der Waals surface area (Å²) in [6, 6.07) is 8.31. The number of aryl methyl sites for hydroxylation is 1. The number of amides is 1. The molecule has 98 valence electrons. The molecule has 0 saturated heterocycles. The molecular weight excluding hydrogens is 238 g/mol. The first-order valence-corrected chi connectivity index (χ1v) is 6.49. The third-order valence-corrected chi connectivity index (χ3v) is 3.89. The number of carbonyl (C=O) groups is 1. The van der Waals surface area contributed by atoms with E-state index in [9.17, 15) is 4.79 Å². The largest absolute Gasteiger partial charge is 0.305 e. The Morgan fingerprint density at radius 3 is 2.79 bits per heavy atom. The van der Waals surface area contributed by atoms with Gasteiger partial charge in [-0.25, -0.2) is 0 Å². The standard InChI is InChI=1S/C15H17N3O/c1-10-8-12-6-4-5-7-14(12)18(10)15(19)13-9-16-17(3)11(13)2/h4-7,9-10H,8H2,1-3H3. The zero-order valence-corrected chi connectivity index (χ0v) is 11.4. The lowest BCUT2D eigenvalue weighted by molar-refractivity contribution is 0.0981. The lowest BCUT2D eigenvalue weighted by Crippen LogP contribution is -2.35. The van der Waals surface area contributed by atoms with Crippen LogP contribution in [0, 0.1) is 6.92 Å². The van der Waals surface area contributed by atoms with Crippen LogP contribution in [0.4, 0.5) is 5.69 Å². The lowest BCUT2D eigenvalue weighted by Gasteiger charge is -2.22. The maximum atomic E-state index is 12.7. The maximum Gasteiger partial charge on any atom is 0.262 e. The van der Waals surface area contributed by atoms with Gasteiger partial charge in [-0.1, -0.05) is 18.2 Å². The van der Waals surface area contributed by atoms with Gasteiger partial charge in [-0.3, -0.25) is 9.48 Å². The highest BCUT2D eigenvalue weighted by Gasteiger charge is 2.32. The monoisotopic (exact) mass is 255 g/mol. The van der Waals surface area contributed by atoms with E-state index in [2.05, 4.69) is 18.1 Å². The molecule has 2 heterocycles. The van der Waals surface area contributed by atoms with Gasteiger partial charge in [0.1, 0.15) is 0 Å². The Morgan fingerprint density at radius 2 is 2.11 bits per heavy atom. The Morgan fingerprint density at radius 1 is 1.37 bits per heavy atom. The summed E-state index contributed by atoms with van der Waals surface area (Å²) in [4.78, 5) is 14.6. The average Bonchev–Trinajstić information content (AvgIpc) is 2.89. The van der Waals surface area contributed by atoms with Crippen molar-refractivity contribution >= 4 is 11.6 Å². The smallest absolute Gasteiger partial charge is 0.262 e. The van der Waals surface area contributed by atoms with Crippen molar-refractivity contribution in [1.82, 2.24) is 9.78 Å². The zero-order valence-electron chi connectivity index (χ0n) is 11.4. The molecule has 0 N–H and O–H groups in total. The molecular formula is C15H17N3O. The highest BCUT2D eigenvalue weighted by Crippen LogP contribution is 2.33. The van der Waals surface area contributed by atoms with Crippen LogP contribution >= 0.6 is 0 Å². The van der Waals surface area contributed by atoms with Crippen molar-refractivity contribution in [3.63, 3.8) is 0 Å². The number of aromatic nitrogens is 2. The second-order valence-electron chi connectivity index (χ2n) is 5.12. The number of nitrogens with zero attached hydrogens (tertiary/aromatic N) is 3. The molecule has 2 aromatic rings. The van der Waals surface area contributed by atoms with Gasteiger partial charge < -0.3 is 4.90 Å². The van der Waals surface area contributed by atoms with E-state index < -0.39 is 0 Å². The lowest BCUT2D eigenvalue weighted by atomic mass is 10.1. The predicted molar refractivity (Wildman–Crippen MR) is 74.4 cm³/mol. The number of anilines is 1. The molecule has 0 radical (unpaired) electrons. The summed E-state index contributed by atoms with van der Waals surface area (Å²) in [5, 5.41) is 4.16. The van der Waals surface area contributed by atoms with Gasteiger partial charge in [0.25, 0.3) is 5.91 Å². The van der Waals surface area contributed by atoms with E-state index in [1.165, 1.54) is 5.56 Å². The minimum atomic E-state index is 0.0445. The van der Waals surface area contributed by atoms with Crippen LogP contribution in [-0.4, -0.2) is 21.7 Å². The van der Waals surface area contributed by atoms with E-state index in [4.69, 9.17) is 0 Å². The fourth-order valence-electron chi connectivity index (χ4n) is 2.71. The van der Waals surface area contributed by atoms with Crippen molar-refractivity contribution in [3.05, 3.63) is 47.3 Å². The molecule has 1 atom stereocenters. The fourth-order valence-corrected chi connectivity index (χ4v) is 2.71. The second-order valence-corrected chi connectivity index (χ2v) is 5.12. The van der Waals surface area contributed by atoms with E-state index in [1.807, 2.05) is 37.1 Å². The summed E-state index contributed by atoms with van der Waals surface area (Å²) in [5.74, 6) is 0.0445. The van der Waals surface area contributed by atoms with Gasteiger partial charge in [-0.15, -0.1) is 0 Å². The Labute approximate surface area is 112 Å². The molecule has 0 fully saturated rings. The van der Waals surface area contributed by atoms with Gasteiger partial charge in [0.2, 0.25) is 0 Å². The summed E-state index contributed by atoms with van der Waals surface area (Å²) in [5.41, 5.74) is 3.86. The first-order chi connectivity index (χ1) is 9.09. The third-order valence-electron chi connectivity index (χ3n) is 3.89. The number of hydrogen-bond donors (Lipinski definition) is 0. The van der Waals surface area contributed by atoms with Gasteiger partial charge in [0.15, 0.2) is 0 Å². The Bertz CT molecular complexity index is 645. The van der Waals surface area contributed by atoms with Crippen LogP contribution in [0.2, 0.25) is 0 Å². The molecule has 4 nitrogen and oxygen atoms in total. The molecule has 0 aliphatic carbocycles. The highest BCUT2D eigenvalue weighted by atomic mass is 16.2. The van der Waals surface area contributed by atoms with Gasteiger partial charge in [0.05, 0.1) is 11.8 Å². The minimum Gasteiger partial charge on any atom is -0.305 e. The van der Waals surface area contributed by atoms with Crippen molar-refractivity contribution in [2.24, 2.45) is 7.05 Å². The molecule has 1 aromatic heterocycles. The minimum absolute atomic E-state index is 0.0445. The summed E-state index contributed by atoms with van der Waals surface area (Å²) < 4.78 is 1.74. The molecule has 1 aromatic carbocycles. The van der Waals surface area contributed by atoms with E-state index in [1.54, 1.807) is 10.9 Å². The number of hydrogen-bond acceptors (Lipinski definition) is 2. The second kappa shape index (κ2) is 4.23. The summed E-state index contributed by atoms with van der Waals surface area (Å²) in [6.07, 6.45) is 2.58. The molecule has 19 heavy (non-hydrogen) atoms. The molecule has 1 amide bonds. The van der Waals surface area contributed by atoms with Crippen LogP contribution in [0.1, 0.15) is 28.5 Å². The molecule has 1 aliphatic rings. The molecule has 1 unspecified atom stereocenters. The van der Waals surface area contributed by atoms with Crippen LogP contribution < -0.4 is 4.90 Å². The average molecular weight is 255 g/mol. The maximum absolute atomic E-state index is 12.7. The molecule has 0 spiro atoms. The topological polar surface area (TPSA) is 38.1 Å². The Kier molecular flexibility index (Phi) is 2.66. The van der Waals surface area contributed by atoms with Crippen molar-refractivity contribution in [3.8, 4) is 0 Å². The third kappa shape index (κ3) is 1.75. The number of fused-ring (bicyclic) bond motifs is 1. The Balaban J connectivity index is 2.03. The summed E-state index contributed by atoms with van der Waals surface area (Å²) >= 11 is 0. The van der Waals surface area contributed by atoms with Crippen molar-refractivity contribution in [2.75, 3.05) is 4.90 Å². The number of para-hydroxylation sites is 1. The Hall–Kier alpha value is -2.10. The first kappa shape index (κ1) is 12.0. The predicted octanol–water partition coefficient (Wildman–Crippen LogP) is 2.32. The van der Waals surface area contributed by atoms with Gasteiger partial charge in [0, 0.05) is 24.5 Å². The molecule has 3 rings (SSSR count). The quantitative estimate of drug-likeness (QED) is 0.784. The van der Waals surface area contributed by atoms with Crippen molar-refractivity contribution in [1.29, 1.82) is 0 Å². The van der Waals surface area contributed by atoms with Crippen LogP contribution in [0.5, 0.6) is 0 Å². The van der Waals surface area contributed by atoms with Gasteiger partial charge in [-0.05, 0) is 31.9 Å². The molecule has 0 saturated carbocycles.